The van der Waals surface area contributed by atoms with Crippen LogP contribution in [0.2, 0.25) is 0 Å². The van der Waals surface area contributed by atoms with E-state index in [9.17, 15) is 9.59 Å². The molecule has 3 aliphatic rings. The van der Waals surface area contributed by atoms with Gasteiger partial charge >= 0.3 is 0 Å². The van der Waals surface area contributed by atoms with E-state index in [4.69, 9.17) is 4.74 Å². The van der Waals surface area contributed by atoms with E-state index < -0.39 is 0 Å². The number of carbonyl (C=O) groups excluding carboxylic acids is 2. The van der Waals surface area contributed by atoms with Gasteiger partial charge in [-0.05, 0) is 61.7 Å². The van der Waals surface area contributed by atoms with E-state index in [0.29, 0.717) is 16.6 Å². The number of carbonyl (C=O) groups is 2. The summed E-state index contributed by atoms with van der Waals surface area (Å²) in [7, 11) is 1.59. The summed E-state index contributed by atoms with van der Waals surface area (Å²) in [5.41, 5.74) is 0.656. The SMILES string of the molecule is COc1ccc(NC(=O)/C=C2\SC(=NC3CC3)N(C3CC3)C2=O)cc1. The van der Waals surface area contributed by atoms with Crippen molar-refractivity contribution in [2.45, 2.75) is 37.8 Å². The highest BCUT2D eigenvalue weighted by molar-refractivity contribution is 8.18. The molecule has 6 nitrogen and oxygen atoms in total. The van der Waals surface area contributed by atoms with Gasteiger partial charge in [-0.25, -0.2) is 0 Å². The van der Waals surface area contributed by atoms with Crippen molar-refractivity contribution in [2.75, 3.05) is 12.4 Å². The van der Waals surface area contributed by atoms with E-state index in [1.54, 1.807) is 36.3 Å². The molecule has 0 spiro atoms. The maximum Gasteiger partial charge on any atom is 0.267 e. The Bertz CT molecular complexity index is 764. The molecule has 2 amide bonds. The molecule has 3 fully saturated rings. The third-order valence-electron chi connectivity index (χ3n) is 4.21. The van der Waals surface area contributed by atoms with Gasteiger partial charge in [-0.1, -0.05) is 0 Å². The van der Waals surface area contributed by atoms with Crippen LogP contribution in [-0.4, -0.2) is 41.1 Å². The minimum absolute atomic E-state index is 0.100. The van der Waals surface area contributed by atoms with Crippen LogP contribution in [0.3, 0.4) is 0 Å². The second-order valence-electron chi connectivity index (χ2n) is 6.38. The Balaban J connectivity index is 1.47. The number of nitrogens with one attached hydrogen (secondary N) is 1. The molecule has 0 aromatic heterocycles. The Morgan fingerprint density at radius 2 is 2.00 bits per heavy atom. The minimum atomic E-state index is -0.315. The van der Waals surface area contributed by atoms with Crippen LogP contribution in [0.5, 0.6) is 5.75 Å². The Labute approximate surface area is 150 Å². The van der Waals surface area contributed by atoms with E-state index in [-0.39, 0.29) is 17.9 Å². The average Bonchev–Trinajstić information content (AvgIpc) is 3.51. The molecule has 25 heavy (non-hydrogen) atoms. The zero-order valence-electron chi connectivity index (χ0n) is 13.9. The maximum absolute atomic E-state index is 12.6. The number of hydrogen-bond acceptors (Lipinski definition) is 5. The van der Waals surface area contributed by atoms with Crippen LogP contribution in [-0.2, 0) is 9.59 Å². The second-order valence-corrected chi connectivity index (χ2v) is 7.39. The summed E-state index contributed by atoms with van der Waals surface area (Å²) < 4.78 is 5.09. The number of rotatable bonds is 5. The number of ether oxygens (including phenoxy) is 1. The molecule has 1 heterocycles. The van der Waals surface area contributed by atoms with Crippen molar-refractivity contribution in [1.82, 2.24) is 4.90 Å². The fraction of sp³-hybridized carbons (Fsp3) is 0.389. The van der Waals surface area contributed by atoms with Crippen molar-refractivity contribution in [3.05, 3.63) is 35.2 Å². The monoisotopic (exact) mass is 357 g/mol. The van der Waals surface area contributed by atoms with Crippen LogP contribution in [0.15, 0.2) is 40.2 Å². The first kappa shape index (κ1) is 16.2. The van der Waals surface area contributed by atoms with Crippen LogP contribution >= 0.6 is 11.8 Å². The molecule has 1 aromatic rings. The first-order valence-electron chi connectivity index (χ1n) is 8.40. The molecule has 4 rings (SSSR count). The van der Waals surface area contributed by atoms with Crippen LogP contribution < -0.4 is 10.1 Å². The number of amides is 2. The van der Waals surface area contributed by atoms with E-state index in [1.807, 2.05) is 0 Å². The van der Waals surface area contributed by atoms with Crippen molar-refractivity contribution in [3.8, 4) is 5.75 Å². The molecular formula is C18H19N3O3S. The number of hydrogen-bond donors (Lipinski definition) is 1. The Morgan fingerprint density at radius 1 is 1.28 bits per heavy atom. The molecule has 2 aliphatic carbocycles. The zero-order chi connectivity index (χ0) is 17.4. The molecule has 1 aromatic carbocycles. The quantitative estimate of drug-likeness (QED) is 0.823. The topological polar surface area (TPSA) is 71.0 Å². The molecule has 0 unspecified atom stereocenters. The Morgan fingerprint density at radius 3 is 2.60 bits per heavy atom. The second kappa shape index (κ2) is 6.55. The predicted octanol–water partition coefficient (Wildman–Crippen LogP) is 2.77. The van der Waals surface area contributed by atoms with Gasteiger partial charge in [-0.15, -0.1) is 0 Å². The Kier molecular flexibility index (Phi) is 4.25. The summed E-state index contributed by atoms with van der Waals surface area (Å²) in [5, 5.41) is 3.54. The highest BCUT2D eigenvalue weighted by Gasteiger charge is 2.43. The van der Waals surface area contributed by atoms with Gasteiger partial charge in [0.05, 0.1) is 18.1 Å². The van der Waals surface area contributed by atoms with Gasteiger partial charge in [0.2, 0.25) is 5.91 Å². The fourth-order valence-corrected chi connectivity index (χ4v) is 3.64. The fourth-order valence-electron chi connectivity index (χ4n) is 2.56. The van der Waals surface area contributed by atoms with Crippen LogP contribution in [0.1, 0.15) is 25.7 Å². The van der Waals surface area contributed by atoms with Gasteiger partial charge in [-0.2, -0.15) is 0 Å². The third kappa shape index (κ3) is 3.71. The van der Waals surface area contributed by atoms with E-state index in [0.717, 1.165) is 36.6 Å². The third-order valence-corrected chi connectivity index (χ3v) is 5.21. The van der Waals surface area contributed by atoms with Gasteiger partial charge in [-0.3, -0.25) is 19.5 Å². The summed E-state index contributed by atoms with van der Waals surface area (Å²) in [6, 6.07) is 7.67. The van der Waals surface area contributed by atoms with Crippen molar-refractivity contribution >= 4 is 34.4 Å². The standard InChI is InChI=1S/C18H19N3O3S/c1-24-14-8-4-11(5-9-14)19-16(22)10-15-17(23)21(13-6-7-13)18(25-15)20-12-2-3-12/h4-5,8-10,12-13H,2-3,6-7H2,1H3,(H,19,22)/b15-10-,20-18?. The first-order chi connectivity index (χ1) is 12.1. The van der Waals surface area contributed by atoms with Gasteiger partial charge in [0.15, 0.2) is 5.17 Å². The number of thioether (sulfide) groups is 1. The normalized spacial score (nSPS) is 23.4. The summed E-state index contributed by atoms with van der Waals surface area (Å²) in [5.74, 6) is 0.306. The molecule has 1 N–H and O–H groups in total. The molecule has 1 saturated heterocycles. The van der Waals surface area contributed by atoms with Crippen LogP contribution in [0, 0.1) is 0 Å². The summed E-state index contributed by atoms with van der Waals surface area (Å²) in [4.78, 5) is 31.7. The number of aliphatic imine (C=N–C) groups is 1. The molecule has 130 valence electrons. The van der Waals surface area contributed by atoms with Gasteiger partial charge in [0.1, 0.15) is 5.75 Å². The predicted molar refractivity (Wildman–Crippen MR) is 97.6 cm³/mol. The minimum Gasteiger partial charge on any atom is -0.497 e. The molecule has 2 saturated carbocycles. The summed E-state index contributed by atoms with van der Waals surface area (Å²) in [6.45, 7) is 0. The number of nitrogens with zero attached hydrogens (tertiary/aromatic N) is 2. The zero-order valence-corrected chi connectivity index (χ0v) is 14.7. The van der Waals surface area contributed by atoms with Crippen molar-refractivity contribution in [1.29, 1.82) is 0 Å². The molecule has 0 radical (unpaired) electrons. The lowest BCUT2D eigenvalue weighted by atomic mass is 10.3. The van der Waals surface area contributed by atoms with E-state index in [2.05, 4.69) is 10.3 Å². The van der Waals surface area contributed by atoms with Crippen LogP contribution in [0.4, 0.5) is 5.69 Å². The number of anilines is 1. The van der Waals surface area contributed by atoms with E-state index >= 15 is 0 Å². The van der Waals surface area contributed by atoms with Gasteiger partial charge in [0, 0.05) is 17.8 Å². The van der Waals surface area contributed by atoms with Crippen LogP contribution in [0.25, 0.3) is 0 Å². The van der Waals surface area contributed by atoms with Crippen molar-refractivity contribution in [2.24, 2.45) is 4.99 Å². The molecule has 0 bridgehead atoms. The van der Waals surface area contributed by atoms with Crippen molar-refractivity contribution < 1.29 is 14.3 Å². The smallest absolute Gasteiger partial charge is 0.267 e. The molecular weight excluding hydrogens is 338 g/mol. The van der Waals surface area contributed by atoms with Crippen molar-refractivity contribution in [3.63, 3.8) is 0 Å². The highest BCUT2D eigenvalue weighted by atomic mass is 32.2. The number of amidine groups is 1. The lowest BCUT2D eigenvalue weighted by molar-refractivity contribution is -0.123. The van der Waals surface area contributed by atoms with E-state index in [1.165, 1.54) is 17.8 Å². The lowest BCUT2D eigenvalue weighted by Gasteiger charge is -2.13. The summed E-state index contributed by atoms with van der Waals surface area (Å²) in [6.07, 6.45) is 5.59. The Hall–Kier alpha value is -2.28. The lowest BCUT2D eigenvalue weighted by Crippen LogP contribution is -2.31. The molecule has 0 atom stereocenters. The maximum atomic E-state index is 12.6. The molecule has 1 aliphatic heterocycles. The average molecular weight is 357 g/mol. The highest BCUT2D eigenvalue weighted by Crippen LogP contribution is 2.40. The first-order valence-corrected chi connectivity index (χ1v) is 9.21. The largest absolute Gasteiger partial charge is 0.497 e. The molecule has 7 heteroatoms. The van der Waals surface area contributed by atoms with Gasteiger partial charge < -0.3 is 10.1 Å². The number of methoxy groups -OCH3 is 1. The van der Waals surface area contributed by atoms with Gasteiger partial charge in [0.25, 0.3) is 5.91 Å². The summed E-state index contributed by atoms with van der Waals surface area (Å²) >= 11 is 1.32. The number of benzene rings is 1.